The van der Waals surface area contributed by atoms with Crippen molar-refractivity contribution in [2.75, 3.05) is 11.9 Å². The van der Waals surface area contributed by atoms with Crippen LogP contribution in [0.5, 0.6) is 5.75 Å². The average Bonchev–Trinajstić information content (AvgIpc) is 2.87. The SMILES string of the molecule is CCOc1ccccc1NCc1cc(C(=O)O)co1. The first-order valence-electron chi connectivity index (χ1n) is 5.97. The molecule has 2 N–H and O–H groups in total. The highest BCUT2D eigenvalue weighted by atomic mass is 16.5. The summed E-state index contributed by atoms with van der Waals surface area (Å²) in [4.78, 5) is 10.7. The standard InChI is InChI=1S/C14H15NO4/c1-2-18-13-6-4-3-5-12(13)15-8-11-7-10(9-19-11)14(16)17/h3-7,9,15H,2,8H2,1H3,(H,16,17). The molecular formula is C14H15NO4. The van der Waals surface area contributed by atoms with Crippen LogP contribution < -0.4 is 10.1 Å². The number of hydrogen-bond acceptors (Lipinski definition) is 4. The summed E-state index contributed by atoms with van der Waals surface area (Å²) in [5.74, 6) is 0.323. The number of benzene rings is 1. The van der Waals surface area contributed by atoms with Crippen molar-refractivity contribution < 1.29 is 19.1 Å². The lowest BCUT2D eigenvalue weighted by Gasteiger charge is -2.10. The maximum atomic E-state index is 10.7. The molecule has 0 bridgehead atoms. The van der Waals surface area contributed by atoms with Crippen LogP contribution in [0.2, 0.25) is 0 Å². The van der Waals surface area contributed by atoms with Gasteiger partial charge in [0.05, 0.1) is 24.4 Å². The Bertz CT molecular complexity index is 562. The number of carbonyl (C=O) groups is 1. The van der Waals surface area contributed by atoms with E-state index in [9.17, 15) is 4.79 Å². The van der Waals surface area contributed by atoms with Gasteiger partial charge >= 0.3 is 5.97 Å². The summed E-state index contributed by atoms with van der Waals surface area (Å²) >= 11 is 0. The summed E-state index contributed by atoms with van der Waals surface area (Å²) in [6.07, 6.45) is 1.23. The van der Waals surface area contributed by atoms with Crippen LogP contribution >= 0.6 is 0 Å². The van der Waals surface area contributed by atoms with Crippen molar-refractivity contribution in [3.8, 4) is 5.75 Å². The molecule has 0 aliphatic rings. The molecule has 0 aliphatic heterocycles. The van der Waals surface area contributed by atoms with Crippen LogP contribution in [0.25, 0.3) is 0 Å². The predicted molar refractivity (Wildman–Crippen MR) is 70.6 cm³/mol. The molecule has 0 aliphatic carbocycles. The first-order valence-corrected chi connectivity index (χ1v) is 5.97. The highest BCUT2D eigenvalue weighted by molar-refractivity contribution is 5.87. The number of carboxylic acids is 1. The Balaban J connectivity index is 2.03. The van der Waals surface area contributed by atoms with Crippen molar-refractivity contribution in [2.45, 2.75) is 13.5 Å². The van der Waals surface area contributed by atoms with Gasteiger partial charge in [0.1, 0.15) is 17.8 Å². The molecule has 100 valence electrons. The predicted octanol–water partition coefficient (Wildman–Crippen LogP) is 2.99. The van der Waals surface area contributed by atoms with Gasteiger partial charge in [0.25, 0.3) is 0 Å². The van der Waals surface area contributed by atoms with Crippen molar-refractivity contribution in [3.63, 3.8) is 0 Å². The normalized spacial score (nSPS) is 10.2. The second-order valence-electron chi connectivity index (χ2n) is 3.89. The van der Waals surface area contributed by atoms with Crippen LogP contribution in [-0.2, 0) is 6.54 Å². The zero-order valence-corrected chi connectivity index (χ0v) is 10.6. The summed E-state index contributed by atoms with van der Waals surface area (Å²) in [6, 6.07) is 9.06. The van der Waals surface area contributed by atoms with E-state index in [0.717, 1.165) is 11.4 Å². The van der Waals surface area contributed by atoms with Gasteiger partial charge in [-0.2, -0.15) is 0 Å². The second-order valence-corrected chi connectivity index (χ2v) is 3.89. The molecule has 0 radical (unpaired) electrons. The number of rotatable bonds is 6. The third-order valence-electron chi connectivity index (χ3n) is 2.54. The fourth-order valence-electron chi connectivity index (χ4n) is 1.66. The molecule has 1 aromatic heterocycles. The van der Waals surface area contributed by atoms with Crippen molar-refractivity contribution in [1.82, 2.24) is 0 Å². The number of anilines is 1. The van der Waals surface area contributed by atoms with E-state index in [-0.39, 0.29) is 5.56 Å². The van der Waals surface area contributed by atoms with Crippen LogP contribution in [0.4, 0.5) is 5.69 Å². The molecule has 0 saturated carbocycles. The minimum Gasteiger partial charge on any atom is -0.492 e. The Morgan fingerprint density at radius 3 is 2.89 bits per heavy atom. The van der Waals surface area contributed by atoms with Crippen molar-refractivity contribution in [3.05, 3.63) is 47.9 Å². The van der Waals surface area contributed by atoms with Crippen molar-refractivity contribution >= 4 is 11.7 Å². The molecule has 5 heteroatoms. The first-order chi connectivity index (χ1) is 9.20. The fourth-order valence-corrected chi connectivity index (χ4v) is 1.66. The first kappa shape index (κ1) is 13.0. The number of carboxylic acid groups (broad SMARTS) is 1. The maximum Gasteiger partial charge on any atom is 0.338 e. The topological polar surface area (TPSA) is 71.7 Å². The molecule has 0 saturated heterocycles. The van der Waals surface area contributed by atoms with E-state index in [1.165, 1.54) is 12.3 Å². The molecule has 1 heterocycles. The lowest BCUT2D eigenvalue weighted by atomic mass is 10.2. The molecule has 0 fully saturated rings. The molecule has 0 amide bonds. The van der Waals surface area contributed by atoms with Gasteiger partial charge < -0.3 is 19.6 Å². The molecule has 0 unspecified atom stereocenters. The molecule has 19 heavy (non-hydrogen) atoms. The Morgan fingerprint density at radius 1 is 1.42 bits per heavy atom. The third kappa shape index (κ3) is 3.28. The van der Waals surface area contributed by atoms with Crippen molar-refractivity contribution in [2.24, 2.45) is 0 Å². The van der Waals surface area contributed by atoms with Crippen molar-refractivity contribution in [1.29, 1.82) is 0 Å². The number of aromatic carboxylic acids is 1. The summed E-state index contributed by atoms with van der Waals surface area (Å²) in [7, 11) is 0. The molecule has 0 atom stereocenters. The van der Waals surface area contributed by atoms with E-state index in [2.05, 4.69) is 5.32 Å². The highest BCUT2D eigenvalue weighted by Crippen LogP contribution is 2.24. The Kier molecular flexibility index (Phi) is 4.07. The lowest BCUT2D eigenvalue weighted by molar-refractivity contribution is 0.0696. The smallest absolute Gasteiger partial charge is 0.338 e. The monoisotopic (exact) mass is 261 g/mol. The molecule has 0 spiro atoms. The minimum atomic E-state index is -0.996. The second kappa shape index (κ2) is 5.95. The molecular weight excluding hydrogens is 246 g/mol. The van der Waals surface area contributed by atoms with Crippen LogP contribution in [0.15, 0.2) is 41.0 Å². The molecule has 1 aromatic carbocycles. The van der Waals surface area contributed by atoms with Crippen LogP contribution in [-0.4, -0.2) is 17.7 Å². The Morgan fingerprint density at radius 2 is 2.21 bits per heavy atom. The van der Waals surface area contributed by atoms with E-state index in [1.54, 1.807) is 0 Å². The number of para-hydroxylation sites is 2. The van der Waals surface area contributed by atoms with Crippen LogP contribution in [0.3, 0.4) is 0 Å². The Labute approximate surface area is 110 Å². The highest BCUT2D eigenvalue weighted by Gasteiger charge is 2.08. The average molecular weight is 261 g/mol. The number of hydrogen-bond donors (Lipinski definition) is 2. The fraction of sp³-hybridized carbons (Fsp3) is 0.214. The summed E-state index contributed by atoms with van der Waals surface area (Å²) in [5.41, 5.74) is 0.993. The van der Waals surface area contributed by atoms with Gasteiger partial charge in [-0.15, -0.1) is 0 Å². The molecule has 2 rings (SSSR count). The number of ether oxygens (including phenoxy) is 1. The minimum absolute atomic E-state index is 0.148. The molecule has 5 nitrogen and oxygen atoms in total. The summed E-state index contributed by atoms with van der Waals surface area (Å²) in [6.45, 7) is 2.91. The van der Waals surface area contributed by atoms with E-state index < -0.39 is 5.97 Å². The van der Waals surface area contributed by atoms with Gasteiger partial charge in [-0.3, -0.25) is 0 Å². The van der Waals surface area contributed by atoms with Gasteiger partial charge in [-0.1, -0.05) is 12.1 Å². The largest absolute Gasteiger partial charge is 0.492 e. The molecule has 2 aromatic rings. The summed E-state index contributed by atoms with van der Waals surface area (Å²) in [5, 5.41) is 12.0. The van der Waals surface area contributed by atoms with E-state index in [4.69, 9.17) is 14.3 Å². The van der Waals surface area contributed by atoms with Crippen LogP contribution in [0, 0.1) is 0 Å². The number of nitrogens with one attached hydrogen (secondary N) is 1. The summed E-state index contributed by atoms with van der Waals surface area (Å²) < 4.78 is 10.6. The van der Waals surface area contributed by atoms with Gasteiger partial charge in [0, 0.05) is 0 Å². The third-order valence-corrected chi connectivity index (χ3v) is 2.54. The lowest BCUT2D eigenvalue weighted by Crippen LogP contribution is -2.02. The van der Waals surface area contributed by atoms with E-state index in [0.29, 0.717) is 18.9 Å². The number of furan rings is 1. The van der Waals surface area contributed by atoms with Gasteiger partial charge in [0.15, 0.2) is 0 Å². The zero-order valence-electron chi connectivity index (χ0n) is 10.6. The quantitative estimate of drug-likeness (QED) is 0.836. The van der Waals surface area contributed by atoms with Gasteiger partial charge in [-0.05, 0) is 25.1 Å². The maximum absolute atomic E-state index is 10.7. The van der Waals surface area contributed by atoms with Crippen LogP contribution in [0.1, 0.15) is 23.0 Å². The Hall–Kier alpha value is -2.43. The van der Waals surface area contributed by atoms with Gasteiger partial charge in [0.2, 0.25) is 0 Å². The van der Waals surface area contributed by atoms with E-state index >= 15 is 0 Å². The van der Waals surface area contributed by atoms with E-state index in [1.807, 2.05) is 31.2 Å². The zero-order chi connectivity index (χ0) is 13.7. The van der Waals surface area contributed by atoms with Gasteiger partial charge in [-0.25, -0.2) is 4.79 Å².